The molecule has 5 rings (SSSR count). The standard InChI is InChI=1S/C26H21BrClN3O5S/c1-5-36-25(34)19-12(2)29-26-31(21(19)16-11-14(28)7-9-18(16)35-4)24(33)22(37-26)20-15-10-13(27)6-8-17(15)30(3)23(20)32/h6-11,21H,5H2,1-4H3/b22-20+/t21-/m0/s1. The van der Waals surface area contributed by atoms with E-state index in [0.29, 0.717) is 38.1 Å². The molecule has 1 aromatic heterocycles. The molecule has 0 fully saturated rings. The highest BCUT2D eigenvalue weighted by atomic mass is 79.9. The predicted molar refractivity (Wildman–Crippen MR) is 145 cm³/mol. The van der Waals surface area contributed by atoms with Crippen LogP contribution in [0.2, 0.25) is 5.02 Å². The first-order valence-electron chi connectivity index (χ1n) is 11.3. The summed E-state index contributed by atoms with van der Waals surface area (Å²) in [4.78, 5) is 47.1. The first-order valence-corrected chi connectivity index (χ1v) is 13.3. The lowest BCUT2D eigenvalue weighted by molar-refractivity contribution is -0.139. The van der Waals surface area contributed by atoms with Crippen LogP contribution in [0.25, 0.3) is 5.57 Å². The molecule has 11 heteroatoms. The number of benzene rings is 2. The Balaban J connectivity index is 1.88. The van der Waals surface area contributed by atoms with Crippen LogP contribution in [0, 0.1) is 0 Å². The summed E-state index contributed by atoms with van der Waals surface area (Å²) < 4.78 is 13.4. The zero-order chi connectivity index (χ0) is 26.6. The number of thiazole rings is 1. The quantitative estimate of drug-likeness (QED) is 0.426. The Morgan fingerprint density at radius 3 is 2.68 bits per heavy atom. The molecule has 0 aliphatic carbocycles. The van der Waals surface area contributed by atoms with Gasteiger partial charge in [-0.3, -0.25) is 14.2 Å². The van der Waals surface area contributed by atoms with E-state index in [-0.39, 0.29) is 28.2 Å². The maximum atomic E-state index is 14.1. The van der Waals surface area contributed by atoms with Gasteiger partial charge in [-0.2, -0.15) is 0 Å². The average molecular weight is 603 g/mol. The third kappa shape index (κ3) is 4.03. The number of anilines is 1. The Bertz CT molecular complexity index is 1710. The van der Waals surface area contributed by atoms with Gasteiger partial charge in [0.25, 0.3) is 11.5 Å². The number of carbonyl (C=O) groups excluding carboxylic acids is 2. The number of halogens is 2. The van der Waals surface area contributed by atoms with Gasteiger partial charge in [-0.25, -0.2) is 9.79 Å². The minimum absolute atomic E-state index is 0.149. The summed E-state index contributed by atoms with van der Waals surface area (Å²) >= 11 is 10.9. The normalized spacial score (nSPS) is 17.9. The molecule has 0 spiro atoms. The highest BCUT2D eigenvalue weighted by Crippen LogP contribution is 2.38. The molecular weight excluding hydrogens is 582 g/mol. The van der Waals surface area contributed by atoms with Gasteiger partial charge in [0.05, 0.1) is 36.2 Å². The van der Waals surface area contributed by atoms with Gasteiger partial charge in [0.15, 0.2) is 4.80 Å². The molecule has 0 bridgehead atoms. The van der Waals surface area contributed by atoms with Crippen molar-refractivity contribution >= 4 is 62.0 Å². The van der Waals surface area contributed by atoms with E-state index >= 15 is 0 Å². The van der Waals surface area contributed by atoms with Crippen LogP contribution < -0.4 is 24.5 Å². The number of likely N-dealkylation sites (N-methyl/N-ethyl adjacent to an activating group) is 1. The van der Waals surface area contributed by atoms with Crippen LogP contribution in [-0.2, 0) is 14.3 Å². The van der Waals surface area contributed by atoms with Crippen molar-refractivity contribution in [3.05, 3.63) is 88.0 Å². The van der Waals surface area contributed by atoms with E-state index in [9.17, 15) is 14.4 Å². The molecular formula is C26H21BrClN3O5S. The zero-order valence-corrected chi connectivity index (χ0v) is 23.5. The summed E-state index contributed by atoms with van der Waals surface area (Å²) in [6, 6.07) is 9.56. The fraction of sp³-hybridized carbons (Fsp3) is 0.231. The van der Waals surface area contributed by atoms with Crippen molar-refractivity contribution in [2.75, 3.05) is 25.7 Å². The largest absolute Gasteiger partial charge is 0.496 e. The van der Waals surface area contributed by atoms with E-state index in [2.05, 4.69) is 20.9 Å². The molecule has 190 valence electrons. The first kappa shape index (κ1) is 25.4. The number of carbonyl (C=O) groups is 2. The SMILES string of the molecule is CCOC(=O)C1=C(C)N=c2s/c(=C3/C(=O)N(C)c4ccc(Br)cc43)c(=O)n2[C@H]1c1cc(Cl)ccc1OC. The van der Waals surface area contributed by atoms with Crippen LogP contribution in [0.5, 0.6) is 5.75 Å². The molecule has 2 aliphatic rings. The third-order valence-electron chi connectivity index (χ3n) is 6.31. The molecule has 1 amide bonds. The van der Waals surface area contributed by atoms with Gasteiger partial charge in [-0.1, -0.05) is 38.9 Å². The number of rotatable bonds is 4. The van der Waals surface area contributed by atoms with Crippen molar-refractivity contribution in [2.45, 2.75) is 19.9 Å². The molecule has 0 saturated heterocycles. The molecule has 1 atom stereocenters. The van der Waals surface area contributed by atoms with Crippen LogP contribution in [-0.4, -0.2) is 37.2 Å². The number of hydrogen-bond acceptors (Lipinski definition) is 7. The Morgan fingerprint density at radius 2 is 1.97 bits per heavy atom. The van der Waals surface area contributed by atoms with Gasteiger partial charge < -0.3 is 14.4 Å². The lowest BCUT2D eigenvalue weighted by Gasteiger charge is -2.26. The fourth-order valence-electron chi connectivity index (χ4n) is 4.67. The summed E-state index contributed by atoms with van der Waals surface area (Å²) in [5, 5.41) is 0.407. The second kappa shape index (κ2) is 9.59. The molecule has 0 N–H and O–H groups in total. The Kier molecular flexibility index (Phi) is 6.59. The second-order valence-corrected chi connectivity index (χ2v) is 10.7. The molecule has 37 heavy (non-hydrogen) atoms. The molecule has 3 heterocycles. The number of fused-ring (bicyclic) bond motifs is 2. The summed E-state index contributed by atoms with van der Waals surface area (Å²) in [6.45, 7) is 3.55. The van der Waals surface area contributed by atoms with Gasteiger partial charge in [-0.15, -0.1) is 0 Å². The lowest BCUT2D eigenvalue weighted by Crippen LogP contribution is -2.41. The molecule has 0 saturated carbocycles. The zero-order valence-electron chi connectivity index (χ0n) is 20.3. The van der Waals surface area contributed by atoms with Gasteiger partial charge in [0.2, 0.25) is 0 Å². The van der Waals surface area contributed by atoms with Gasteiger partial charge in [-0.05, 0) is 50.2 Å². The molecule has 8 nitrogen and oxygen atoms in total. The van der Waals surface area contributed by atoms with Crippen LogP contribution in [0.4, 0.5) is 5.69 Å². The Hall–Kier alpha value is -3.21. The Morgan fingerprint density at radius 1 is 1.22 bits per heavy atom. The highest BCUT2D eigenvalue weighted by Gasteiger charge is 2.37. The van der Waals surface area contributed by atoms with Crippen molar-refractivity contribution < 1.29 is 19.1 Å². The van der Waals surface area contributed by atoms with Gasteiger partial charge >= 0.3 is 5.97 Å². The highest BCUT2D eigenvalue weighted by molar-refractivity contribution is 9.10. The lowest BCUT2D eigenvalue weighted by atomic mass is 9.95. The predicted octanol–water partition coefficient (Wildman–Crippen LogP) is 3.57. The second-order valence-electron chi connectivity index (χ2n) is 8.41. The van der Waals surface area contributed by atoms with E-state index in [1.165, 1.54) is 16.6 Å². The fourth-order valence-corrected chi connectivity index (χ4v) is 6.35. The maximum Gasteiger partial charge on any atom is 0.338 e. The average Bonchev–Trinajstić information content (AvgIpc) is 3.30. The number of methoxy groups -OCH3 is 1. The number of hydrogen-bond donors (Lipinski definition) is 0. The monoisotopic (exact) mass is 601 g/mol. The third-order valence-corrected chi connectivity index (χ3v) is 8.10. The van der Waals surface area contributed by atoms with Gasteiger partial charge in [0, 0.05) is 27.7 Å². The van der Waals surface area contributed by atoms with Crippen molar-refractivity contribution in [3.8, 4) is 5.75 Å². The summed E-state index contributed by atoms with van der Waals surface area (Å²) in [5.74, 6) is -0.452. The van der Waals surface area contributed by atoms with Crippen molar-refractivity contribution in [1.82, 2.24) is 4.57 Å². The summed E-state index contributed by atoms with van der Waals surface area (Å²) in [5.41, 5.74) is 2.29. The number of nitrogens with zero attached hydrogens (tertiary/aromatic N) is 3. The Labute approximate surface area is 229 Å². The summed E-state index contributed by atoms with van der Waals surface area (Å²) in [7, 11) is 3.17. The van der Waals surface area contributed by atoms with Crippen LogP contribution in [0.15, 0.2) is 61.9 Å². The molecule has 2 aliphatic heterocycles. The molecule has 0 radical (unpaired) electrons. The van der Waals surface area contributed by atoms with Crippen molar-refractivity contribution in [1.29, 1.82) is 0 Å². The molecule has 3 aromatic rings. The van der Waals surface area contributed by atoms with E-state index in [1.807, 2.05) is 18.2 Å². The van der Waals surface area contributed by atoms with Crippen LogP contribution >= 0.6 is 38.9 Å². The number of amides is 1. The van der Waals surface area contributed by atoms with E-state index in [4.69, 9.17) is 21.1 Å². The number of esters is 1. The minimum atomic E-state index is -0.922. The topological polar surface area (TPSA) is 90.2 Å². The summed E-state index contributed by atoms with van der Waals surface area (Å²) in [6.07, 6.45) is 0. The van der Waals surface area contributed by atoms with E-state index < -0.39 is 17.6 Å². The molecule has 0 unspecified atom stereocenters. The van der Waals surface area contributed by atoms with Crippen LogP contribution in [0.1, 0.15) is 31.0 Å². The number of ether oxygens (including phenoxy) is 2. The van der Waals surface area contributed by atoms with E-state index in [0.717, 1.165) is 15.8 Å². The molecule has 2 aromatic carbocycles. The van der Waals surface area contributed by atoms with Crippen molar-refractivity contribution in [3.63, 3.8) is 0 Å². The van der Waals surface area contributed by atoms with Crippen molar-refractivity contribution in [2.24, 2.45) is 4.99 Å². The van der Waals surface area contributed by atoms with E-state index in [1.54, 1.807) is 39.1 Å². The number of aromatic nitrogens is 1. The smallest absolute Gasteiger partial charge is 0.338 e. The van der Waals surface area contributed by atoms with Gasteiger partial charge in [0.1, 0.15) is 16.3 Å². The van der Waals surface area contributed by atoms with Crippen LogP contribution in [0.3, 0.4) is 0 Å². The maximum absolute atomic E-state index is 14.1. The minimum Gasteiger partial charge on any atom is -0.496 e. The number of allylic oxidation sites excluding steroid dienone is 1. The first-order chi connectivity index (χ1) is 17.7.